The highest BCUT2D eigenvalue weighted by Crippen LogP contribution is 2.42. The highest BCUT2D eigenvalue weighted by atomic mass is 32.2. The van der Waals surface area contributed by atoms with E-state index in [2.05, 4.69) is 0 Å². The third-order valence-corrected chi connectivity index (χ3v) is 7.00. The first-order valence-electron chi connectivity index (χ1n) is 9.15. The first kappa shape index (κ1) is 20.9. The molecule has 0 fully saturated rings. The number of benzene rings is 2. The second-order valence-electron chi connectivity index (χ2n) is 6.87. The fourth-order valence-corrected chi connectivity index (χ4v) is 5.18. The van der Waals surface area contributed by atoms with Gasteiger partial charge in [-0.3, -0.25) is 13.9 Å². The minimum Gasteiger partial charge on any atom is -0.468 e. The maximum Gasteiger partial charge on any atom is 0.320 e. The Morgan fingerprint density at radius 1 is 1.00 bits per heavy atom. The topological polar surface area (TPSA) is 90.0 Å². The largest absolute Gasteiger partial charge is 0.468 e. The third-order valence-electron chi connectivity index (χ3n) is 5.17. The number of sulfonamides is 1. The fraction of sp³-hybridized carbons (Fsp3) is 0.333. The Balaban J connectivity index is 2.06. The first-order valence-corrected chi connectivity index (χ1v) is 10.6. The van der Waals surface area contributed by atoms with Crippen molar-refractivity contribution in [3.05, 3.63) is 59.7 Å². The van der Waals surface area contributed by atoms with Gasteiger partial charge in [-0.2, -0.15) is 0 Å². The zero-order valence-corrected chi connectivity index (χ0v) is 17.3. The summed E-state index contributed by atoms with van der Waals surface area (Å²) in [6.07, 6.45) is 0.275. The molecule has 1 aliphatic rings. The number of para-hydroxylation sites is 1. The van der Waals surface area contributed by atoms with Crippen molar-refractivity contribution in [1.29, 1.82) is 0 Å². The molecule has 2 aromatic carbocycles. The predicted molar refractivity (Wildman–Crippen MR) is 107 cm³/mol. The van der Waals surface area contributed by atoms with Crippen molar-refractivity contribution in [2.45, 2.75) is 24.2 Å². The van der Waals surface area contributed by atoms with Crippen LogP contribution in [-0.2, 0) is 29.1 Å². The van der Waals surface area contributed by atoms with Crippen LogP contribution < -0.4 is 4.31 Å². The van der Waals surface area contributed by atoms with Gasteiger partial charge in [0, 0.05) is 12.5 Å². The van der Waals surface area contributed by atoms with Crippen LogP contribution in [0.4, 0.5) is 5.69 Å². The van der Waals surface area contributed by atoms with E-state index < -0.39 is 33.8 Å². The van der Waals surface area contributed by atoms with Crippen LogP contribution >= 0.6 is 0 Å². The molecule has 154 valence electrons. The maximum atomic E-state index is 13.3. The molecule has 1 atom stereocenters. The molecule has 0 aliphatic carbocycles. The number of ether oxygens (including phenoxy) is 2. The number of methoxy groups -OCH3 is 2. The van der Waals surface area contributed by atoms with Gasteiger partial charge >= 0.3 is 11.9 Å². The first-order chi connectivity index (χ1) is 13.8. The van der Waals surface area contributed by atoms with Crippen molar-refractivity contribution >= 4 is 27.6 Å². The van der Waals surface area contributed by atoms with E-state index in [0.717, 1.165) is 5.56 Å². The highest BCUT2D eigenvalue weighted by molar-refractivity contribution is 7.92. The second kappa shape index (κ2) is 8.24. The van der Waals surface area contributed by atoms with Crippen LogP contribution in [0, 0.1) is 12.8 Å². The van der Waals surface area contributed by atoms with Crippen LogP contribution in [0.1, 0.15) is 23.5 Å². The molecule has 0 saturated heterocycles. The van der Waals surface area contributed by atoms with Crippen LogP contribution in [0.25, 0.3) is 0 Å². The molecule has 0 bridgehead atoms. The van der Waals surface area contributed by atoms with E-state index in [0.29, 0.717) is 11.3 Å². The molecule has 3 rings (SSSR count). The number of hydrogen-bond donors (Lipinski definition) is 0. The molecule has 7 nitrogen and oxygen atoms in total. The Morgan fingerprint density at radius 2 is 1.59 bits per heavy atom. The summed E-state index contributed by atoms with van der Waals surface area (Å²) in [6.45, 7) is 2.01. The predicted octanol–water partition coefficient (Wildman–Crippen LogP) is 2.64. The number of rotatable bonds is 5. The van der Waals surface area contributed by atoms with Crippen LogP contribution in [0.3, 0.4) is 0 Å². The van der Waals surface area contributed by atoms with E-state index in [-0.39, 0.29) is 17.9 Å². The number of fused-ring (bicyclic) bond motifs is 1. The fourth-order valence-electron chi connectivity index (χ4n) is 3.67. The number of hydrogen-bond acceptors (Lipinski definition) is 6. The summed E-state index contributed by atoms with van der Waals surface area (Å²) >= 11 is 0. The van der Waals surface area contributed by atoms with Gasteiger partial charge in [-0.05, 0) is 37.1 Å². The van der Waals surface area contributed by atoms with E-state index in [4.69, 9.17) is 9.47 Å². The average molecular weight is 417 g/mol. The Bertz CT molecular complexity index is 1000. The molecule has 8 heteroatoms. The number of anilines is 1. The van der Waals surface area contributed by atoms with E-state index in [1.165, 1.54) is 18.5 Å². The van der Waals surface area contributed by atoms with Gasteiger partial charge in [-0.1, -0.05) is 35.9 Å². The molecule has 0 radical (unpaired) electrons. The van der Waals surface area contributed by atoms with Crippen molar-refractivity contribution in [2.75, 3.05) is 25.1 Å². The standard InChI is InChI=1S/C21H23NO6S/c1-14-8-10-15(11-9-14)29(25,26)22-13-12-17(16-6-4-5-7-18(16)22)19(20(23)27-2)21(24)28-3/h4-11,17,19H,12-13H2,1-3H3/t17-/m0/s1. The molecule has 0 spiro atoms. The van der Waals surface area contributed by atoms with Crippen molar-refractivity contribution in [2.24, 2.45) is 5.92 Å². The SMILES string of the molecule is COC(=O)C(C(=O)OC)[C@H]1CCN(S(=O)(=O)c2ccc(C)cc2)c2ccccc21. The quantitative estimate of drug-likeness (QED) is 0.549. The summed E-state index contributed by atoms with van der Waals surface area (Å²) in [4.78, 5) is 24.8. The lowest BCUT2D eigenvalue weighted by atomic mass is 9.80. The third kappa shape index (κ3) is 3.85. The smallest absolute Gasteiger partial charge is 0.320 e. The summed E-state index contributed by atoms with van der Waals surface area (Å²) in [6, 6.07) is 13.5. The Labute approximate surface area is 170 Å². The molecule has 0 saturated carbocycles. The van der Waals surface area contributed by atoms with Crippen molar-refractivity contribution in [3.63, 3.8) is 0 Å². The normalized spacial score (nSPS) is 16.3. The van der Waals surface area contributed by atoms with E-state index in [1.807, 2.05) is 6.92 Å². The van der Waals surface area contributed by atoms with Gasteiger partial charge in [0.15, 0.2) is 5.92 Å². The minimum absolute atomic E-state index is 0.127. The highest BCUT2D eigenvalue weighted by Gasteiger charge is 2.43. The lowest BCUT2D eigenvalue weighted by molar-refractivity contribution is -0.160. The molecule has 1 heterocycles. The van der Waals surface area contributed by atoms with Gasteiger partial charge in [0.2, 0.25) is 0 Å². The Morgan fingerprint density at radius 3 is 2.17 bits per heavy atom. The zero-order chi connectivity index (χ0) is 21.2. The monoisotopic (exact) mass is 417 g/mol. The summed E-state index contributed by atoms with van der Waals surface area (Å²) in [5.74, 6) is -3.11. The number of carbonyl (C=O) groups excluding carboxylic acids is 2. The lowest BCUT2D eigenvalue weighted by Crippen LogP contribution is -2.41. The van der Waals surface area contributed by atoms with Crippen LogP contribution in [0.2, 0.25) is 0 Å². The van der Waals surface area contributed by atoms with Crippen LogP contribution in [-0.4, -0.2) is 41.1 Å². The van der Waals surface area contributed by atoms with Gasteiger partial charge in [0.25, 0.3) is 10.0 Å². The van der Waals surface area contributed by atoms with Gasteiger partial charge in [-0.15, -0.1) is 0 Å². The maximum absolute atomic E-state index is 13.3. The average Bonchev–Trinajstić information content (AvgIpc) is 2.73. The van der Waals surface area contributed by atoms with E-state index >= 15 is 0 Å². The molecule has 2 aromatic rings. The number of esters is 2. The summed E-state index contributed by atoms with van der Waals surface area (Å²) in [5.41, 5.74) is 2.00. The summed E-state index contributed by atoms with van der Waals surface area (Å²) < 4.78 is 37.5. The lowest BCUT2D eigenvalue weighted by Gasteiger charge is -2.36. The summed E-state index contributed by atoms with van der Waals surface area (Å²) in [5, 5.41) is 0. The molecule has 29 heavy (non-hydrogen) atoms. The van der Waals surface area contributed by atoms with Crippen LogP contribution in [0.15, 0.2) is 53.4 Å². The van der Waals surface area contributed by atoms with Gasteiger partial charge in [0.05, 0.1) is 24.8 Å². The molecular weight excluding hydrogens is 394 g/mol. The minimum atomic E-state index is -3.79. The number of carbonyl (C=O) groups is 2. The Hall–Kier alpha value is -2.87. The molecule has 0 unspecified atom stereocenters. The van der Waals surface area contributed by atoms with Gasteiger partial charge in [-0.25, -0.2) is 8.42 Å². The van der Waals surface area contributed by atoms with E-state index in [1.54, 1.807) is 48.5 Å². The van der Waals surface area contributed by atoms with Crippen molar-refractivity contribution in [1.82, 2.24) is 0 Å². The number of nitrogens with zero attached hydrogens (tertiary/aromatic N) is 1. The molecule has 0 aromatic heterocycles. The van der Waals surface area contributed by atoms with Crippen molar-refractivity contribution < 1.29 is 27.5 Å². The van der Waals surface area contributed by atoms with Gasteiger partial charge in [0.1, 0.15) is 0 Å². The zero-order valence-electron chi connectivity index (χ0n) is 16.5. The Kier molecular flexibility index (Phi) is 5.93. The molecule has 0 amide bonds. The molecular formula is C21H23NO6S. The second-order valence-corrected chi connectivity index (χ2v) is 8.73. The van der Waals surface area contributed by atoms with Crippen molar-refractivity contribution in [3.8, 4) is 0 Å². The van der Waals surface area contributed by atoms with E-state index in [9.17, 15) is 18.0 Å². The molecule has 1 aliphatic heterocycles. The number of aryl methyl sites for hydroxylation is 1. The molecule has 0 N–H and O–H groups in total. The summed E-state index contributed by atoms with van der Waals surface area (Å²) in [7, 11) is -1.37. The van der Waals surface area contributed by atoms with Gasteiger partial charge < -0.3 is 9.47 Å². The van der Waals surface area contributed by atoms with Crippen LogP contribution in [0.5, 0.6) is 0 Å².